The first-order valence-electron chi connectivity index (χ1n) is 5.86. The van der Waals surface area contributed by atoms with Gasteiger partial charge in [0.2, 0.25) is 5.91 Å². The fraction of sp³-hybridized carbons (Fsp3) is 0.385. The number of hydrogen-bond donors (Lipinski definition) is 1. The first kappa shape index (κ1) is 14.4. The minimum Gasteiger partial charge on any atom is -0.481 e. The molecule has 1 heterocycles. The number of carbonyl (C=O) groups is 2. The number of halogens is 3. The summed E-state index contributed by atoms with van der Waals surface area (Å²) in [7, 11) is 1.47. The van der Waals surface area contributed by atoms with Gasteiger partial charge in [0, 0.05) is 19.5 Å². The highest BCUT2D eigenvalue weighted by atomic mass is 19.4. The molecule has 0 saturated carbocycles. The zero-order valence-corrected chi connectivity index (χ0v) is 10.5. The summed E-state index contributed by atoms with van der Waals surface area (Å²) in [5.41, 5.74) is -0.381. The van der Waals surface area contributed by atoms with Crippen molar-refractivity contribution in [1.29, 1.82) is 0 Å². The first-order chi connectivity index (χ1) is 9.21. The van der Waals surface area contributed by atoms with E-state index in [4.69, 9.17) is 5.11 Å². The second-order valence-corrected chi connectivity index (χ2v) is 4.76. The van der Waals surface area contributed by atoms with Gasteiger partial charge in [-0.15, -0.1) is 0 Å². The number of rotatable bonds is 2. The van der Waals surface area contributed by atoms with Crippen molar-refractivity contribution >= 4 is 11.9 Å². The van der Waals surface area contributed by atoms with Crippen molar-refractivity contribution in [2.75, 3.05) is 13.6 Å². The Morgan fingerprint density at radius 1 is 1.30 bits per heavy atom. The van der Waals surface area contributed by atoms with Crippen LogP contribution < -0.4 is 0 Å². The Morgan fingerprint density at radius 2 is 1.85 bits per heavy atom. The average molecular weight is 287 g/mol. The molecule has 1 aromatic carbocycles. The molecule has 2 atom stereocenters. The van der Waals surface area contributed by atoms with Gasteiger partial charge >= 0.3 is 12.1 Å². The minimum atomic E-state index is -4.44. The molecule has 1 aliphatic rings. The topological polar surface area (TPSA) is 57.6 Å². The highest BCUT2D eigenvalue weighted by molar-refractivity contribution is 5.99. The van der Waals surface area contributed by atoms with Gasteiger partial charge in [-0.05, 0) is 17.7 Å². The van der Waals surface area contributed by atoms with Crippen LogP contribution in [0.4, 0.5) is 13.2 Å². The summed E-state index contributed by atoms with van der Waals surface area (Å²) in [6.07, 6.45) is -4.44. The highest BCUT2D eigenvalue weighted by Gasteiger charge is 2.44. The summed E-state index contributed by atoms with van der Waals surface area (Å²) in [4.78, 5) is 24.1. The van der Waals surface area contributed by atoms with Crippen LogP contribution in [0.25, 0.3) is 0 Å². The van der Waals surface area contributed by atoms with Crippen LogP contribution in [0.2, 0.25) is 0 Å². The lowest BCUT2D eigenvalue weighted by Crippen LogP contribution is -2.28. The second-order valence-electron chi connectivity index (χ2n) is 4.76. The molecule has 0 spiro atoms. The molecule has 0 aliphatic carbocycles. The Balaban J connectivity index is 2.31. The summed E-state index contributed by atoms with van der Waals surface area (Å²) in [5.74, 6) is -3.66. The van der Waals surface area contributed by atoms with Crippen LogP contribution in [-0.2, 0) is 15.8 Å². The Bertz CT molecular complexity index is 539. The van der Waals surface area contributed by atoms with Gasteiger partial charge in [-0.2, -0.15) is 13.2 Å². The van der Waals surface area contributed by atoms with E-state index < -0.39 is 35.5 Å². The van der Waals surface area contributed by atoms with Gasteiger partial charge in [0.25, 0.3) is 0 Å². The standard InChI is InChI=1S/C13H12F3NO3/c1-17-6-9(10(11(17)18)12(19)20)7-2-4-8(5-3-7)13(14,15)16/h2-5,9-10H,6H2,1H3,(H,19,20)/t9-,10-/m1/s1. The predicted molar refractivity (Wildman–Crippen MR) is 62.9 cm³/mol. The molecule has 0 radical (unpaired) electrons. The van der Waals surface area contributed by atoms with Crippen molar-refractivity contribution in [2.45, 2.75) is 12.1 Å². The molecule has 1 saturated heterocycles. The molecule has 2 rings (SSSR count). The molecule has 1 aromatic rings. The third kappa shape index (κ3) is 2.48. The number of likely N-dealkylation sites (tertiary alicyclic amines) is 1. The number of benzene rings is 1. The van der Waals surface area contributed by atoms with E-state index in [1.165, 1.54) is 24.1 Å². The monoisotopic (exact) mass is 287 g/mol. The minimum absolute atomic E-state index is 0.182. The average Bonchev–Trinajstić information content (AvgIpc) is 2.65. The third-order valence-electron chi connectivity index (χ3n) is 3.45. The Labute approximate surface area is 112 Å². The van der Waals surface area contributed by atoms with Gasteiger partial charge in [-0.1, -0.05) is 12.1 Å². The van der Waals surface area contributed by atoms with E-state index in [1.54, 1.807) is 0 Å². The number of carboxylic acid groups (broad SMARTS) is 1. The molecular formula is C13H12F3NO3. The fourth-order valence-corrected chi connectivity index (χ4v) is 2.39. The van der Waals surface area contributed by atoms with Crippen LogP contribution in [0.3, 0.4) is 0 Å². The van der Waals surface area contributed by atoms with Crippen molar-refractivity contribution in [3.63, 3.8) is 0 Å². The molecule has 0 aromatic heterocycles. The normalized spacial score (nSPS) is 23.2. The number of aliphatic carboxylic acids is 1. The number of hydrogen-bond acceptors (Lipinski definition) is 2. The molecule has 1 fully saturated rings. The van der Waals surface area contributed by atoms with Gasteiger partial charge in [-0.25, -0.2) is 0 Å². The quantitative estimate of drug-likeness (QED) is 0.846. The second kappa shape index (κ2) is 4.81. The van der Waals surface area contributed by atoms with Crippen molar-refractivity contribution in [3.8, 4) is 0 Å². The number of amides is 1. The van der Waals surface area contributed by atoms with Gasteiger partial charge in [-0.3, -0.25) is 9.59 Å². The summed E-state index contributed by atoms with van der Waals surface area (Å²) in [6, 6.07) is 4.26. The van der Waals surface area contributed by atoms with E-state index in [-0.39, 0.29) is 6.54 Å². The van der Waals surface area contributed by atoms with Gasteiger partial charge in [0.15, 0.2) is 0 Å². The van der Waals surface area contributed by atoms with Crippen LogP contribution in [0.1, 0.15) is 17.0 Å². The van der Waals surface area contributed by atoms with Crippen molar-refractivity contribution < 1.29 is 27.9 Å². The zero-order valence-electron chi connectivity index (χ0n) is 10.5. The molecule has 0 bridgehead atoms. The number of nitrogens with zero attached hydrogens (tertiary/aromatic N) is 1. The van der Waals surface area contributed by atoms with Crippen LogP contribution >= 0.6 is 0 Å². The van der Waals surface area contributed by atoms with E-state index >= 15 is 0 Å². The van der Waals surface area contributed by atoms with E-state index in [1.807, 2.05) is 0 Å². The largest absolute Gasteiger partial charge is 0.481 e. The lowest BCUT2D eigenvalue weighted by atomic mass is 9.88. The molecule has 108 valence electrons. The lowest BCUT2D eigenvalue weighted by molar-refractivity contribution is -0.147. The maximum absolute atomic E-state index is 12.5. The van der Waals surface area contributed by atoms with Crippen LogP contribution in [-0.4, -0.2) is 35.5 Å². The Kier molecular flexibility index (Phi) is 3.45. The Morgan fingerprint density at radius 3 is 2.30 bits per heavy atom. The maximum Gasteiger partial charge on any atom is 0.416 e. The summed E-state index contributed by atoms with van der Waals surface area (Å²) in [5, 5.41) is 9.09. The number of likely N-dealkylation sites (N-methyl/N-ethyl adjacent to an activating group) is 1. The van der Waals surface area contributed by atoms with Gasteiger partial charge in [0.05, 0.1) is 5.56 Å². The zero-order chi connectivity index (χ0) is 15.1. The summed E-state index contributed by atoms with van der Waals surface area (Å²) in [6.45, 7) is 0.182. The maximum atomic E-state index is 12.5. The van der Waals surface area contributed by atoms with E-state index in [9.17, 15) is 22.8 Å². The summed E-state index contributed by atoms with van der Waals surface area (Å²) < 4.78 is 37.4. The SMILES string of the molecule is CN1C[C@H](c2ccc(C(F)(F)F)cc2)[C@@H](C(=O)O)C1=O. The molecule has 1 N–H and O–H groups in total. The molecule has 4 nitrogen and oxygen atoms in total. The fourth-order valence-electron chi connectivity index (χ4n) is 2.39. The lowest BCUT2D eigenvalue weighted by Gasteiger charge is -2.14. The highest BCUT2D eigenvalue weighted by Crippen LogP contribution is 2.35. The van der Waals surface area contributed by atoms with E-state index in [0.717, 1.165) is 12.1 Å². The van der Waals surface area contributed by atoms with Crippen molar-refractivity contribution in [1.82, 2.24) is 4.90 Å². The Hall–Kier alpha value is -2.05. The summed E-state index contributed by atoms with van der Waals surface area (Å²) >= 11 is 0. The van der Waals surface area contributed by atoms with E-state index in [0.29, 0.717) is 5.56 Å². The van der Waals surface area contributed by atoms with Crippen molar-refractivity contribution in [2.24, 2.45) is 5.92 Å². The molecular weight excluding hydrogens is 275 g/mol. The molecule has 1 aliphatic heterocycles. The van der Waals surface area contributed by atoms with Crippen LogP contribution in [0, 0.1) is 5.92 Å². The number of carboxylic acids is 1. The van der Waals surface area contributed by atoms with E-state index in [2.05, 4.69) is 0 Å². The number of alkyl halides is 3. The molecule has 7 heteroatoms. The predicted octanol–water partition coefficient (Wildman–Crippen LogP) is 1.96. The van der Waals surface area contributed by atoms with Gasteiger partial charge < -0.3 is 10.0 Å². The molecule has 0 unspecified atom stereocenters. The number of carbonyl (C=O) groups excluding carboxylic acids is 1. The van der Waals surface area contributed by atoms with Gasteiger partial charge in [0.1, 0.15) is 5.92 Å². The smallest absolute Gasteiger partial charge is 0.416 e. The molecule has 1 amide bonds. The molecule has 20 heavy (non-hydrogen) atoms. The third-order valence-corrected chi connectivity index (χ3v) is 3.45. The van der Waals surface area contributed by atoms with Crippen LogP contribution in [0.15, 0.2) is 24.3 Å². The van der Waals surface area contributed by atoms with Crippen molar-refractivity contribution in [3.05, 3.63) is 35.4 Å². The first-order valence-corrected chi connectivity index (χ1v) is 5.86. The van der Waals surface area contributed by atoms with Crippen LogP contribution in [0.5, 0.6) is 0 Å².